The van der Waals surface area contributed by atoms with Crippen LogP contribution in [0.5, 0.6) is 0 Å². The molecule has 0 fully saturated rings. The molecule has 7 nitrogen and oxygen atoms in total. The summed E-state index contributed by atoms with van der Waals surface area (Å²) in [6, 6.07) is 10.9. The van der Waals surface area contributed by atoms with Crippen molar-refractivity contribution in [1.82, 2.24) is 19.7 Å². The summed E-state index contributed by atoms with van der Waals surface area (Å²) in [4.78, 5) is 18.6. The molecule has 1 N–H and O–H groups in total. The molecular formula is C19H17FN6O. The van der Waals surface area contributed by atoms with E-state index in [1.165, 1.54) is 23.0 Å². The molecule has 3 aromatic rings. The van der Waals surface area contributed by atoms with Crippen LogP contribution in [0, 0.1) is 17.1 Å². The van der Waals surface area contributed by atoms with Crippen LogP contribution in [0.1, 0.15) is 21.6 Å². The van der Waals surface area contributed by atoms with Crippen LogP contribution < -0.4 is 5.32 Å². The number of hydrogen-bond donors (Lipinski definition) is 1. The second-order valence-corrected chi connectivity index (χ2v) is 6.15. The lowest BCUT2D eigenvalue weighted by molar-refractivity contribution is 0.102. The zero-order valence-corrected chi connectivity index (χ0v) is 14.8. The molecule has 0 aliphatic rings. The highest BCUT2D eigenvalue weighted by atomic mass is 19.1. The summed E-state index contributed by atoms with van der Waals surface area (Å²) < 4.78 is 14.7. The fourth-order valence-electron chi connectivity index (χ4n) is 2.49. The lowest BCUT2D eigenvalue weighted by Gasteiger charge is -2.09. The van der Waals surface area contributed by atoms with Crippen molar-refractivity contribution >= 4 is 11.7 Å². The first-order chi connectivity index (χ1) is 13.0. The SMILES string of the molecule is CN(C)Cc1ccc(C(=O)Nc2ccn(-c3ccc(F)cc3C#N)n2)cn1. The smallest absolute Gasteiger partial charge is 0.258 e. The van der Waals surface area contributed by atoms with Crippen LogP contribution in [0.4, 0.5) is 10.2 Å². The van der Waals surface area contributed by atoms with Gasteiger partial charge in [-0.05, 0) is 44.4 Å². The summed E-state index contributed by atoms with van der Waals surface area (Å²) in [6.07, 6.45) is 3.10. The molecule has 0 saturated carbocycles. The van der Waals surface area contributed by atoms with Gasteiger partial charge in [0, 0.05) is 25.0 Å². The van der Waals surface area contributed by atoms with Gasteiger partial charge in [-0.1, -0.05) is 0 Å². The summed E-state index contributed by atoms with van der Waals surface area (Å²) in [6.45, 7) is 0.686. The summed E-state index contributed by atoms with van der Waals surface area (Å²) in [5, 5.41) is 16.0. The molecule has 1 aromatic carbocycles. The maximum atomic E-state index is 13.3. The van der Waals surface area contributed by atoms with Gasteiger partial charge in [-0.25, -0.2) is 9.07 Å². The summed E-state index contributed by atoms with van der Waals surface area (Å²) in [5.41, 5.74) is 1.85. The first-order valence-electron chi connectivity index (χ1n) is 8.13. The predicted molar refractivity (Wildman–Crippen MR) is 97.8 cm³/mol. The number of anilines is 1. The Morgan fingerprint density at radius 3 is 2.78 bits per heavy atom. The topological polar surface area (TPSA) is 86.8 Å². The predicted octanol–water partition coefficient (Wildman–Crippen LogP) is 2.59. The van der Waals surface area contributed by atoms with Crippen molar-refractivity contribution in [3.8, 4) is 11.8 Å². The van der Waals surface area contributed by atoms with Crippen LogP contribution in [0.15, 0.2) is 48.8 Å². The van der Waals surface area contributed by atoms with Gasteiger partial charge in [-0.15, -0.1) is 0 Å². The maximum absolute atomic E-state index is 13.3. The number of amides is 1. The number of nitrogens with one attached hydrogen (secondary N) is 1. The van der Waals surface area contributed by atoms with Crippen molar-refractivity contribution in [3.63, 3.8) is 0 Å². The number of hydrogen-bond acceptors (Lipinski definition) is 5. The first-order valence-corrected chi connectivity index (χ1v) is 8.13. The van der Waals surface area contributed by atoms with Gasteiger partial charge >= 0.3 is 0 Å². The minimum absolute atomic E-state index is 0.150. The Hall–Kier alpha value is -3.57. The maximum Gasteiger partial charge on any atom is 0.258 e. The number of halogens is 1. The Morgan fingerprint density at radius 1 is 1.30 bits per heavy atom. The molecule has 0 aliphatic carbocycles. The van der Waals surface area contributed by atoms with Gasteiger partial charge in [-0.2, -0.15) is 10.4 Å². The normalized spacial score (nSPS) is 10.6. The molecule has 0 unspecified atom stereocenters. The molecule has 0 aliphatic heterocycles. The molecule has 8 heteroatoms. The van der Waals surface area contributed by atoms with Crippen LogP contribution in [0.2, 0.25) is 0 Å². The van der Waals surface area contributed by atoms with Gasteiger partial charge in [0.05, 0.1) is 22.5 Å². The van der Waals surface area contributed by atoms with Crippen molar-refractivity contribution in [2.45, 2.75) is 6.54 Å². The minimum Gasteiger partial charge on any atom is -0.305 e. The van der Waals surface area contributed by atoms with Crippen molar-refractivity contribution in [2.75, 3.05) is 19.4 Å². The Bertz CT molecular complexity index is 1000. The second-order valence-electron chi connectivity index (χ2n) is 6.15. The molecule has 0 spiro atoms. The lowest BCUT2D eigenvalue weighted by Crippen LogP contribution is -2.15. The summed E-state index contributed by atoms with van der Waals surface area (Å²) in [7, 11) is 3.88. The van der Waals surface area contributed by atoms with Crippen LogP contribution in [0.25, 0.3) is 5.69 Å². The largest absolute Gasteiger partial charge is 0.305 e. The Balaban J connectivity index is 1.74. The zero-order chi connectivity index (χ0) is 19.4. The Morgan fingerprint density at radius 2 is 2.11 bits per heavy atom. The molecule has 2 aromatic heterocycles. The standard InChI is InChI=1S/C19H17FN6O/c1-25(2)12-16-5-3-13(11-22-16)19(27)23-18-7-8-26(24-18)17-6-4-15(20)9-14(17)10-21/h3-9,11H,12H2,1-2H3,(H,23,24,27). The fraction of sp³-hybridized carbons (Fsp3) is 0.158. The average molecular weight is 364 g/mol. The third-order valence-electron chi connectivity index (χ3n) is 3.72. The molecule has 0 radical (unpaired) electrons. The summed E-state index contributed by atoms with van der Waals surface area (Å²) >= 11 is 0. The van der Waals surface area contributed by atoms with Gasteiger partial charge in [0.15, 0.2) is 5.82 Å². The number of benzene rings is 1. The average Bonchev–Trinajstić information content (AvgIpc) is 3.09. The van der Waals surface area contributed by atoms with Gasteiger partial charge in [0.1, 0.15) is 11.9 Å². The molecule has 0 atom stereocenters. The van der Waals surface area contributed by atoms with Crippen molar-refractivity contribution < 1.29 is 9.18 Å². The van der Waals surface area contributed by atoms with Gasteiger partial charge < -0.3 is 10.2 Å². The third kappa shape index (κ3) is 4.34. The molecule has 2 heterocycles. The number of rotatable bonds is 5. The summed E-state index contributed by atoms with van der Waals surface area (Å²) in [5.74, 6) is -0.532. The fourth-order valence-corrected chi connectivity index (χ4v) is 2.49. The number of nitrogens with zero attached hydrogens (tertiary/aromatic N) is 5. The van der Waals surface area contributed by atoms with E-state index in [1.54, 1.807) is 24.4 Å². The Kier molecular flexibility index (Phi) is 5.24. The number of aromatic nitrogens is 3. The van der Waals surface area contributed by atoms with Crippen molar-refractivity contribution in [2.24, 2.45) is 0 Å². The monoisotopic (exact) mass is 364 g/mol. The number of nitriles is 1. The molecule has 0 saturated heterocycles. The van der Waals surface area contributed by atoms with E-state index in [4.69, 9.17) is 5.26 Å². The third-order valence-corrected chi connectivity index (χ3v) is 3.72. The van der Waals surface area contributed by atoms with E-state index in [0.717, 1.165) is 11.8 Å². The molecule has 1 amide bonds. The van der Waals surface area contributed by atoms with Gasteiger partial charge in [0.2, 0.25) is 0 Å². The minimum atomic E-state index is -0.499. The Labute approximate surface area is 155 Å². The highest BCUT2D eigenvalue weighted by molar-refractivity contribution is 6.03. The molecular weight excluding hydrogens is 347 g/mol. The van der Waals surface area contributed by atoms with E-state index in [0.29, 0.717) is 23.6 Å². The van der Waals surface area contributed by atoms with E-state index in [9.17, 15) is 9.18 Å². The highest BCUT2D eigenvalue weighted by Gasteiger charge is 2.11. The number of carbonyl (C=O) groups is 1. The van der Waals surface area contributed by atoms with Gasteiger partial charge in [-0.3, -0.25) is 9.78 Å². The van der Waals surface area contributed by atoms with E-state index in [-0.39, 0.29) is 11.5 Å². The first kappa shape index (κ1) is 18.2. The molecule has 136 valence electrons. The number of carbonyl (C=O) groups excluding carboxylic acids is 1. The zero-order valence-electron chi connectivity index (χ0n) is 14.8. The number of pyridine rings is 1. The quantitative estimate of drug-likeness (QED) is 0.752. The van der Waals surface area contributed by atoms with Crippen molar-refractivity contribution in [3.05, 3.63) is 71.4 Å². The van der Waals surface area contributed by atoms with Crippen molar-refractivity contribution in [1.29, 1.82) is 5.26 Å². The van der Waals surface area contributed by atoms with Crippen LogP contribution in [0.3, 0.4) is 0 Å². The lowest BCUT2D eigenvalue weighted by atomic mass is 10.2. The van der Waals surface area contributed by atoms with Gasteiger partial charge in [0.25, 0.3) is 5.91 Å². The van der Waals surface area contributed by atoms with E-state index in [2.05, 4.69) is 15.4 Å². The molecule has 27 heavy (non-hydrogen) atoms. The highest BCUT2D eigenvalue weighted by Crippen LogP contribution is 2.17. The van der Waals surface area contributed by atoms with Crippen LogP contribution in [-0.2, 0) is 6.54 Å². The van der Waals surface area contributed by atoms with E-state index >= 15 is 0 Å². The van der Waals surface area contributed by atoms with Crippen LogP contribution in [-0.4, -0.2) is 39.7 Å². The van der Waals surface area contributed by atoms with E-state index in [1.807, 2.05) is 25.1 Å². The molecule has 0 bridgehead atoms. The van der Waals surface area contributed by atoms with Crippen LogP contribution >= 0.6 is 0 Å². The second kappa shape index (κ2) is 7.76. The van der Waals surface area contributed by atoms with E-state index < -0.39 is 5.82 Å². The molecule has 3 rings (SSSR count).